The van der Waals surface area contributed by atoms with Crippen molar-refractivity contribution in [1.29, 1.82) is 0 Å². The Bertz CT molecular complexity index is 1110. The molecule has 2 aromatic carbocycles. The van der Waals surface area contributed by atoms with Gasteiger partial charge in [0.2, 0.25) is 0 Å². The van der Waals surface area contributed by atoms with Crippen molar-refractivity contribution in [3.05, 3.63) is 77.3 Å². The maximum Gasteiger partial charge on any atom is 0.191 e. The maximum absolute atomic E-state index is 10.6. The van der Waals surface area contributed by atoms with Gasteiger partial charge in [-0.25, -0.2) is 4.99 Å². The highest BCUT2D eigenvalue weighted by Gasteiger charge is 2.12. The van der Waals surface area contributed by atoms with Gasteiger partial charge in [-0.15, -0.1) is 35.3 Å². The molecule has 0 radical (unpaired) electrons. The summed E-state index contributed by atoms with van der Waals surface area (Å²) in [5.41, 5.74) is 2.09. The van der Waals surface area contributed by atoms with Gasteiger partial charge in [0, 0.05) is 34.2 Å². The third-order valence-corrected chi connectivity index (χ3v) is 5.94. The van der Waals surface area contributed by atoms with E-state index in [1.54, 1.807) is 11.3 Å². The molecule has 3 N–H and O–H groups in total. The van der Waals surface area contributed by atoms with Gasteiger partial charge in [0.25, 0.3) is 0 Å². The summed E-state index contributed by atoms with van der Waals surface area (Å²) < 4.78 is 1.19. The largest absolute Gasteiger partial charge is 0.386 e. The molecule has 0 bridgehead atoms. The van der Waals surface area contributed by atoms with Gasteiger partial charge in [0.05, 0.1) is 12.1 Å². The van der Waals surface area contributed by atoms with Crippen LogP contribution >= 0.6 is 35.3 Å². The predicted octanol–water partition coefficient (Wildman–Crippen LogP) is 4.86. The average molecular weight is 532 g/mol. The van der Waals surface area contributed by atoms with Crippen molar-refractivity contribution in [2.24, 2.45) is 4.99 Å². The molecule has 30 heavy (non-hydrogen) atoms. The van der Waals surface area contributed by atoms with Crippen LogP contribution in [0.15, 0.2) is 71.9 Å². The number of nitrogens with zero attached hydrogens (tertiary/aromatic N) is 2. The fourth-order valence-electron chi connectivity index (χ4n) is 3.26. The van der Waals surface area contributed by atoms with E-state index in [2.05, 4.69) is 39.9 Å². The van der Waals surface area contributed by atoms with Crippen LogP contribution in [-0.2, 0) is 6.54 Å². The molecule has 7 heteroatoms. The Morgan fingerprint density at radius 1 is 1.10 bits per heavy atom. The summed E-state index contributed by atoms with van der Waals surface area (Å²) in [6.45, 7) is 3.72. The van der Waals surface area contributed by atoms with E-state index in [-0.39, 0.29) is 24.0 Å². The van der Waals surface area contributed by atoms with Crippen LogP contribution < -0.4 is 10.6 Å². The monoisotopic (exact) mass is 532 g/mol. The number of guanidine groups is 1. The summed E-state index contributed by atoms with van der Waals surface area (Å²) in [5, 5.41) is 19.4. The summed E-state index contributed by atoms with van der Waals surface area (Å²) in [5.74, 6) is 0.688. The zero-order chi connectivity index (χ0) is 20.1. The van der Waals surface area contributed by atoms with Crippen molar-refractivity contribution in [1.82, 2.24) is 15.6 Å². The quantitative estimate of drug-likeness (QED) is 0.189. The number of fused-ring (bicyclic) bond motifs is 2. The van der Waals surface area contributed by atoms with Gasteiger partial charge >= 0.3 is 0 Å². The number of pyridine rings is 1. The summed E-state index contributed by atoms with van der Waals surface area (Å²) in [4.78, 5) is 10.1. The number of rotatable bonds is 6. The molecule has 4 rings (SSSR count). The highest BCUT2D eigenvalue weighted by atomic mass is 127. The molecule has 0 fully saturated rings. The molecule has 0 spiro atoms. The lowest BCUT2D eigenvalue weighted by Gasteiger charge is -2.14. The molecule has 1 atom stereocenters. The number of para-hydroxylation sites is 1. The number of aliphatic imine (C=N–C) groups is 1. The van der Waals surface area contributed by atoms with Crippen molar-refractivity contribution >= 4 is 62.3 Å². The Morgan fingerprint density at radius 2 is 1.90 bits per heavy atom. The van der Waals surface area contributed by atoms with Crippen LogP contribution in [0.1, 0.15) is 23.5 Å². The van der Waals surface area contributed by atoms with Gasteiger partial charge in [-0.1, -0.05) is 36.4 Å². The minimum atomic E-state index is -0.585. The van der Waals surface area contributed by atoms with Gasteiger partial charge in [0.1, 0.15) is 6.10 Å². The zero-order valence-corrected chi connectivity index (χ0v) is 19.9. The molecule has 2 aromatic heterocycles. The molecule has 4 aromatic rings. The Balaban J connectivity index is 0.00000256. The zero-order valence-electron chi connectivity index (χ0n) is 16.7. The van der Waals surface area contributed by atoms with Crippen molar-refractivity contribution in [3.8, 4) is 0 Å². The van der Waals surface area contributed by atoms with Crippen molar-refractivity contribution in [2.45, 2.75) is 19.6 Å². The Labute approximate surface area is 197 Å². The van der Waals surface area contributed by atoms with E-state index < -0.39 is 6.10 Å². The molecular weight excluding hydrogens is 507 g/mol. The van der Waals surface area contributed by atoms with E-state index in [4.69, 9.17) is 4.99 Å². The van der Waals surface area contributed by atoms with Crippen LogP contribution in [0, 0.1) is 0 Å². The normalized spacial score (nSPS) is 12.5. The Hall–Kier alpha value is -2.23. The van der Waals surface area contributed by atoms with Crippen LogP contribution in [0.2, 0.25) is 0 Å². The highest BCUT2D eigenvalue weighted by molar-refractivity contribution is 14.0. The highest BCUT2D eigenvalue weighted by Crippen LogP contribution is 2.29. The van der Waals surface area contributed by atoms with Crippen molar-refractivity contribution < 1.29 is 5.11 Å². The minimum absolute atomic E-state index is 0. The molecule has 0 aliphatic heterocycles. The van der Waals surface area contributed by atoms with E-state index in [0.717, 1.165) is 33.3 Å². The molecule has 0 aliphatic rings. The first-order valence-electron chi connectivity index (χ1n) is 9.76. The van der Waals surface area contributed by atoms with Crippen LogP contribution in [0.4, 0.5) is 0 Å². The van der Waals surface area contributed by atoms with E-state index in [1.165, 1.54) is 4.70 Å². The van der Waals surface area contributed by atoms with Gasteiger partial charge in [0.15, 0.2) is 5.96 Å². The first kappa shape index (κ1) is 22.5. The van der Waals surface area contributed by atoms with E-state index in [9.17, 15) is 5.11 Å². The van der Waals surface area contributed by atoms with E-state index in [1.807, 2.05) is 49.5 Å². The number of halogens is 1. The average Bonchev–Trinajstić information content (AvgIpc) is 3.20. The minimum Gasteiger partial charge on any atom is -0.386 e. The Kier molecular flexibility index (Phi) is 8.01. The second-order valence-electron chi connectivity index (χ2n) is 6.77. The number of aliphatic hydroxyl groups excluding tert-OH is 1. The standard InChI is InChI=1S/C23H24N4OS.HI/c1-2-24-23(26-14-17-11-12-25-19-9-5-4-8-18(17)19)27-15-20(28)22-13-16-7-3-6-10-21(16)29-22;/h3-13,20,28H,2,14-15H2,1H3,(H2,24,26,27);1H. The number of aromatic nitrogens is 1. The number of benzene rings is 2. The molecule has 1 unspecified atom stereocenters. The van der Waals surface area contributed by atoms with Crippen LogP contribution in [0.25, 0.3) is 21.0 Å². The fraction of sp³-hybridized carbons (Fsp3) is 0.217. The lowest BCUT2D eigenvalue weighted by molar-refractivity contribution is 0.184. The lowest BCUT2D eigenvalue weighted by atomic mass is 10.1. The predicted molar refractivity (Wildman–Crippen MR) is 137 cm³/mol. The van der Waals surface area contributed by atoms with Gasteiger partial charge in [-0.2, -0.15) is 0 Å². The third kappa shape index (κ3) is 5.27. The Morgan fingerprint density at radius 3 is 2.73 bits per heavy atom. The summed E-state index contributed by atoms with van der Waals surface area (Å²) in [6, 6.07) is 20.3. The van der Waals surface area contributed by atoms with Gasteiger partial charge in [-0.05, 0) is 42.1 Å². The first-order chi connectivity index (χ1) is 14.2. The second kappa shape index (κ2) is 10.7. The van der Waals surface area contributed by atoms with E-state index in [0.29, 0.717) is 19.0 Å². The van der Waals surface area contributed by atoms with E-state index >= 15 is 0 Å². The molecule has 2 heterocycles. The van der Waals surface area contributed by atoms with Gasteiger partial charge in [-0.3, -0.25) is 4.98 Å². The van der Waals surface area contributed by atoms with Crippen molar-refractivity contribution in [2.75, 3.05) is 13.1 Å². The number of hydrogen-bond donors (Lipinski definition) is 3. The summed E-state index contributed by atoms with van der Waals surface area (Å²) >= 11 is 1.62. The summed E-state index contributed by atoms with van der Waals surface area (Å²) in [6.07, 6.45) is 1.23. The van der Waals surface area contributed by atoms with Gasteiger partial charge < -0.3 is 15.7 Å². The smallest absolute Gasteiger partial charge is 0.191 e. The molecule has 0 saturated carbocycles. The molecule has 0 amide bonds. The lowest BCUT2D eigenvalue weighted by Crippen LogP contribution is -2.39. The number of thiophene rings is 1. The molecular formula is C23H25IN4OS. The van der Waals surface area contributed by atoms with Crippen molar-refractivity contribution in [3.63, 3.8) is 0 Å². The summed E-state index contributed by atoms with van der Waals surface area (Å²) in [7, 11) is 0. The molecule has 5 nitrogen and oxygen atoms in total. The second-order valence-corrected chi connectivity index (χ2v) is 7.88. The number of nitrogens with one attached hydrogen (secondary N) is 2. The fourth-order valence-corrected chi connectivity index (χ4v) is 4.31. The molecule has 156 valence electrons. The molecule has 0 saturated heterocycles. The maximum atomic E-state index is 10.6. The van der Waals surface area contributed by atoms with Crippen LogP contribution in [0.5, 0.6) is 0 Å². The third-order valence-electron chi connectivity index (χ3n) is 4.73. The number of hydrogen-bond acceptors (Lipinski definition) is 4. The van der Waals surface area contributed by atoms with Crippen LogP contribution in [0.3, 0.4) is 0 Å². The topological polar surface area (TPSA) is 69.5 Å². The SMILES string of the molecule is CCNC(=NCc1ccnc2ccccc12)NCC(O)c1cc2ccccc2s1.I. The van der Waals surface area contributed by atoms with Crippen LogP contribution in [-0.4, -0.2) is 29.1 Å². The first-order valence-corrected chi connectivity index (χ1v) is 10.6. The molecule has 0 aliphatic carbocycles. The number of aliphatic hydroxyl groups is 1.